The number of hydrogen-bond acceptors (Lipinski definition) is 3. The first-order chi connectivity index (χ1) is 6.22. The van der Waals surface area contributed by atoms with E-state index in [4.69, 9.17) is 0 Å². The predicted molar refractivity (Wildman–Crippen MR) is 49.6 cm³/mol. The van der Waals surface area contributed by atoms with Gasteiger partial charge in [0.15, 0.2) is 11.5 Å². The Balaban J connectivity index is 2.77. The second-order valence-electron chi connectivity index (χ2n) is 3.14. The molecule has 0 aliphatic heterocycles. The van der Waals surface area contributed by atoms with Crippen molar-refractivity contribution in [2.75, 3.05) is 0 Å². The fraction of sp³-hybridized carbons (Fsp3) is 0.444. The number of aryl methyl sites for hydroxylation is 3. The van der Waals surface area contributed by atoms with Crippen molar-refractivity contribution >= 4 is 5.65 Å². The molecule has 0 unspecified atom stereocenters. The van der Waals surface area contributed by atoms with Gasteiger partial charge in [0.05, 0.1) is 5.69 Å². The molecule has 0 fully saturated rings. The lowest BCUT2D eigenvalue weighted by atomic mass is 10.2. The van der Waals surface area contributed by atoms with Crippen LogP contribution in [0, 0.1) is 13.8 Å². The van der Waals surface area contributed by atoms with Gasteiger partial charge in [0, 0.05) is 0 Å². The molecular weight excluding hydrogens is 164 g/mol. The third-order valence-corrected chi connectivity index (χ3v) is 2.18. The fourth-order valence-corrected chi connectivity index (χ4v) is 1.41. The molecule has 0 bridgehead atoms. The summed E-state index contributed by atoms with van der Waals surface area (Å²) < 4.78 is 1.78. The Bertz CT molecular complexity index is 444. The van der Waals surface area contributed by atoms with Gasteiger partial charge in [0.25, 0.3) is 0 Å². The predicted octanol–water partition coefficient (Wildman–Crippen LogP) is 1.30. The first-order valence-electron chi connectivity index (χ1n) is 4.41. The molecule has 68 valence electrons. The highest BCUT2D eigenvalue weighted by atomic mass is 15.4. The van der Waals surface area contributed by atoms with E-state index < -0.39 is 0 Å². The Morgan fingerprint density at radius 2 is 2.08 bits per heavy atom. The van der Waals surface area contributed by atoms with E-state index in [0.29, 0.717) is 0 Å². The van der Waals surface area contributed by atoms with Crippen LogP contribution >= 0.6 is 0 Å². The molecule has 4 heteroatoms. The third kappa shape index (κ3) is 1.18. The van der Waals surface area contributed by atoms with Gasteiger partial charge in [-0.3, -0.25) is 0 Å². The van der Waals surface area contributed by atoms with Gasteiger partial charge in [-0.05, 0) is 31.9 Å². The molecule has 0 radical (unpaired) electrons. The Morgan fingerprint density at radius 1 is 1.31 bits per heavy atom. The highest BCUT2D eigenvalue weighted by Crippen LogP contribution is 2.08. The summed E-state index contributed by atoms with van der Waals surface area (Å²) in [6, 6.07) is 2.02. The number of aromatic nitrogens is 4. The van der Waals surface area contributed by atoms with Crippen LogP contribution in [-0.4, -0.2) is 19.8 Å². The molecule has 2 heterocycles. The lowest BCUT2D eigenvalue weighted by Crippen LogP contribution is -2.01. The lowest BCUT2D eigenvalue weighted by molar-refractivity contribution is 0.816. The summed E-state index contributed by atoms with van der Waals surface area (Å²) in [5, 5.41) is 12.4. The van der Waals surface area contributed by atoms with Crippen molar-refractivity contribution in [3.05, 3.63) is 23.1 Å². The fourth-order valence-electron chi connectivity index (χ4n) is 1.41. The first-order valence-corrected chi connectivity index (χ1v) is 4.41. The number of nitrogens with zero attached hydrogens (tertiary/aromatic N) is 4. The van der Waals surface area contributed by atoms with E-state index in [1.54, 1.807) is 4.52 Å². The first kappa shape index (κ1) is 8.16. The zero-order valence-electron chi connectivity index (χ0n) is 8.07. The summed E-state index contributed by atoms with van der Waals surface area (Å²) in [5.41, 5.74) is 3.12. The molecule has 0 saturated carbocycles. The van der Waals surface area contributed by atoms with Crippen LogP contribution in [0.25, 0.3) is 5.65 Å². The second kappa shape index (κ2) is 2.80. The summed E-state index contributed by atoms with van der Waals surface area (Å²) in [5.74, 6) is 0.838. The Labute approximate surface area is 76.6 Å². The summed E-state index contributed by atoms with van der Waals surface area (Å²) in [6.07, 6.45) is 0.944. The van der Waals surface area contributed by atoms with Crippen LogP contribution < -0.4 is 0 Å². The molecular formula is C9H12N4. The van der Waals surface area contributed by atoms with Gasteiger partial charge in [0.1, 0.15) is 0 Å². The van der Waals surface area contributed by atoms with Gasteiger partial charge in [-0.25, -0.2) is 0 Å². The topological polar surface area (TPSA) is 43.1 Å². The van der Waals surface area contributed by atoms with Gasteiger partial charge in [-0.1, -0.05) is 6.92 Å². The van der Waals surface area contributed by atoms with Crippen molar-refractivity contribution in [2.24, 2.45) is 0 Å². The minimum absolute atomic E-state index is 0.826. The molecule has 2 rings (SSSR count). The van der Waals surface area contributed by atoms with E-state index in [0.717, 1.165) is 23.6 Å². The summed E-state index contributed by atoms with van der Waals surface area (Å²) in [4.78, 5) is 0. The molecule has 4 nitrogen and oxygen atoms in total. The van der Waals surface area contributed by atoms with Crippen LogP contribution in [0.15, 0.2) is 6.07 Å². The lowest BCUT2D eigenvalue weighted by Gasteiger charge is -2.01. The monoisotopic (exact) mass is 176 g/mol. The summed E-state index contributed by atoms with van der Waals surface area (Å²) in [7, 11) is 0. The molecule has 2 aromatic heterocycles. The molecule has 0 aliphatic rings. The Kier molecular flexibility index (Phi) is 1.76. The van der Waals surface area contributed by atoms with Crippen LogP contribution in [0.4, 0.5) is 0 Å². The average Bonchev–Trinajstić information content (AvgIpc) is 2.46. The largest absolute Gasteiger partial charge is 0.197 e. The van der Waals surface area contributed by atoms with Crippen LogP contribution in [0.5, 0.6) is 0 Å². The van der Waals surface area contributed by atoms with Crippen LogP contribution in [0.2, 0.25) is 0 Å². The quantitative estimate of drug-likeness (QED) is 0.657. The van der Waals surface area contributed by atoms with Crippen molar-refractivity contribution in [2.45, 2.75) is 27.2 Å². The molecule has 0 aromatic carbocycles. The van der Waals surface area contributed by atoms with Gasteiger partial charge in [-0.2, -0.15) is 9.61 Å². The van der Waals surface area contributed by atoms with E-state index in [1.165, 1.54) is 5.56 Å². The minimum atomic E-state index is 0.826. The van der Waals surface area contributed by atoms with Crippen LogP contribution in [0.3, 0.4) is 0 Å². The van der Waals surface area contributed by atoms with E-state index in [1.807, 2.05) is 13.0 Å². The van der Waals surface area contributed by atoms with E-state index in [-0.39, 0.29) is 0 Å². The number of fused-ring (bicyclic) bond motifs is 1. The van der Waals surface area contributed by atoms with Crippen molar-refractivity contribution in [1.82, 2.24) is 19.8 Å². The van der Waals surface area contributed by atoms with E-state index in [2.05, 4.69) is 29.1 Å². The molecule has 0 spiro atoms. The zero-order chi connectivity index (χ0) is 9.42. The molecule has 0 atom stereocenters. The Morgan fingerprint density at radius 3 is 2.77 bits per heavy atom. The standard InChI is InChI=1S/C9H12N4/c1-4-8-6(2)5-9-11-10-7(3)13(9)12-8/h5H,4H2,1-3H3. The number of rotatable bonds is 1. The maximum absolute atomic E-state index is 4.44. The smallest absolute Gasteiger partial charge is 0.178 e. The maximum atomic E-state index is 4.44. The average molecular weight is 176 g/mol. The molecule has 2 aromatic rings. The maximum Gasteiger partial charge on any atom is 0.178 e. The molecule has 0 aliphatic carbocycles. The Hall–Kier alpha value is -1.45. The SMILES string of the molecule is CCc1nn2c(C)nnc2cc1C. The van der Waals surface area contributed by atoms with Crippen LogP contribution in [0.1, 0.15) is 24.0 Å². The highest BCUT2D eigenvalue weighted by molar-refractivity contribution is 5.40. The number of hydrogen-bond donors (Lipinski definition) is 0. The normalized spacial score (nSPS) is 11.0. The molecule has 0 amide bonds. The van der Waals surface area contributed by atoms with Gasteiger partial charge < -0.3 is 0 Å². The van der Waals surface area contributed by atoms with Crippen molar-refractivity contribution in [3.8, 4) is 0 Å². The molecule has 13 heavy (non-hydrogen) atoms. The van der Waals surface area contributed by atoms with Crippen molar-refractivity contribution < 1.29 is 0 Å². The summed E-state index contributed by atoms with van der Waals surface area (Å²) in [6.45, 7) is 6.05. The highest BCUT2D eigenvalue weighted by Gasteiger charge is 2.05. The van der Waals surface area contributed by atoms with Crippen molar-refractivity contribution in [1.29, 1.82) is 0 Å². The third-order valence-electron chi connectivity index (χ3n) is 2.18. The molecule has 0 N–H and O–H groups in total. The minimum Gasteiger partial charge on any atom is -0.197 e. The van der Waals surface area contributed by atoms with Gasteiger partial charge in [-0.15, -0.1) is 10.2 Å². The second-order valence-corrected chi connectivity index (χ2v) is 3.14. The van der Waals surface area contributed by atoms with Gasteiger partial charge in [0.2, 0.25) is 0 Å². The van der Waals surface area contributed by atoms with Crippen molar-refractivity contribution in [3.63, 3.8) is 0 Å². The molecule has 0 saturated heterocycles. The summed E-state index contributed by atoms with van der Waals surface area (Å²) >= 11 is 0. The van der Waals surface area contributed by atoms with E-state index in [9.17, 15) is 0 Å². The van der Waals surface area contributed by atoms with E-state index >= 15 is 0 Å². The zero-order valence-corrected chi connectivity index (χ0v) is 8.07. The van der Waals surface area contributed by atoms with Gasteiger partial charge >= 0.3 is 0 Å². The van der Waals surface area contributed by atoms with Crippen LogP contribution in [-0.2, 0) is 6.42 Å².